The van der Waals surface area contributed by atoms with Gasteiger partial charge in [-0.15, -0.1) is 11.8 Å². The van der Waals surface area contributed by atoms with E-state index in [0.29, 0.717) is 5.82 Å². The number of thioether (sulfide) groups is 1. The summed E-state index contributed by atoms with van der Waals surface area (Å²) in [5, 5.41) is 0.839. The van der Waals surface area contributed by atoms with E-state index in [1.807, 2.05) is 24.3 Å². The highest BCUT2D eigenvalue weighted by Crippen LogP contribution is 2.23. The first-order chi connectivity index (χ1) is 9.24. The van der Waals surface area contributed by atoms with E-state index in [9.17, 15) is 0 Å². The number of hydrogen-bond acceptors (Lipinski definition) is 5. The summed E-state index contributed by atoms with van der Waals surface area (Å²) in [7, 11) is 0. The lowest BCUT2D eigenvalue weighted by Crippen LogP contribution is -2.25. The second-order valence-electron chi connectivity index (χ2n) is 4.28. The average Bonchev–Trinajstić information content (AvgIpc) is 2.44. The molecule has 0 aliphatic carbocycles. The molecule has 4 nitrogen and oxygen atoms in total. The summed E-state index contributed by atoms with van der Waals surface area (Å²) in [6.07, 6.45) is 0. The Labute approximate surface area is 118 Å². The lowest BCUT2D eigenvalue weighted by Gasteiger charge is -2.17. The molecular formula is C14H20N4S. The number of para-hydroxylation sites is 2. The Balaban J connectivity index is 2.06. The topological polar surface area (TPSA) is 55.0 Å². The molecule has 102 valence electrons. The van der Waals surface area contributed by atoms with Gasteiger partial charge in [-0.05, 0) is 25.2 Å². The van der Waals surface area contributed by atoms with Gasteiger partial charge in [0, 0.05) is 12.3 Å². The van der Waals surface area contributed by atoms with Crippen LogP contribution in [0.25, 0.3) is 11.0 Å². The SMILES string of the molecule is CCN(CC)CCSc1nc2ccccc2nc1N. The van der Waals surface area contributed by atoms with E-state index < -0.39 is 0 Å². The fraction of sp³-hybridized carbons (Fsp3) is 0.429. The first-order valence-corrected chi connectivity index (χ1v) is 7.60. The summed E-state index contributed by atoms with van der Waals surface area (Å²) in [5.74, 6) is 1.52. The van der Waals surface area contributed by atoms with Crippen LogP contribution in [0.4, 0.5) is 5.82 Å². The average molecular weight is 276 g/mol. The highest BCUT2D eigenvalue weighted by molar-refractivity contribution is 7.99. The van der Waals surface area contributed by atoms with Crippen LogP contribution in [0, 0.1) is 0 Å². The molecule has 0 radical (unpaired) electrons. The smallest absolute Gasteiger partial charge is 0.156 e. The summed E-state index contributed by atoms with van der Waals surface area (Å²) in [4.78, 5) is 11.4. The first kappa shape index (κ1) is 14.1. The fourth-order valence-electron chi connectivity index (χ4n) is 1.91. The van der Waals surface area contributed by atoms with Crippen molar-refractivity contribution in [3.63, 3.8) is 0 Å². The number of rotatable bonds is 6. The molecule has 2 N–H and O–H groups in total. The van der Waals surface area contributed by atoms with Crippen molar-refractivity contribution in [1.82, 2.24) is 14.9 Å². The number of benzene rings is 1. The second kappa shape index (κ2) is 6.73. The zero-order valence-corrected chi connectivity index (χ0v) is 12.3. The van der Waals surface area contributed by atoms with Gasteiger partial charge in [-0.25, -0.2) is 9.97 Å². The van der Waals surface area contributed by atoms with Crippen LogP contribution in [0.15, 0.2) is 29.3 Å². The maximum atomic E-state index is 5.96. The molecule has 1 heterocycles. The van der Waals surface area contributed by atoms with Gasteiger partial charge in [0.1, 0.15) is 5.03 Å². The molecule has 0 unspecified atom stereocenters. The van der Waals surface area contributed by atoms with Crippen molar-refractivity contribution >= 4 is 28.6 Å². The number of aromatic nitrogens is 2. The quantitative estimate of drug-likeness (QED) is 0.822. The highest BCUT2D eigenvalue weighted by atomic mass is 32.2. The Kier molecular flexibility index (Phi) is 4.99. The molecule has 1 aromatic carbocycles. The summed E-state index contributed by atoms with van der Waals surface area (Å²) in [6, 6.07) is 7.82. The minimum Gasteiger partial charge on any atom is -0.381 e. The molecule has 0 spiro atoms. The Morgan fingerprint density at radius 1 is 1.11 bits per heavy atom. The van der Waals surface area contributed by atoms with Crippen molar-refractivity contribution in [3.05, 3.63) is 24.3 Å². The monoisotopic (exact) mass is 276 g/mol. The van der Waals surface area contributed by atoms with Gasteiger partial charge in [-0.2, -0.15) is 0 Å². The molecule has 0 saturated carbocycles. The molecule has 0 saturated heterocycles. The van der Waals surface area contributed by atoms with E-state index in [4.69, 9.17) is 5.73 Å². The molecule has 1 aromatic heterocycles. The molecule has 0 aliphatic heterocycles. The number of nitrogens with two attached hydrogens (primary N) is 1. The molecule has 19 heavy (non-hydrogen) atoms. The minimum atomic E-state index is 0.531. The van der Waals surface area contributed by atoms with Gasteiger partial charge >= 0.3 is 0 Å². The van der Waals surface area contributed by atoms with E-state index >= 15 is 0 Å². The van der Waals surface area contributed by atoms with Gasteiger partial charge in [0.25, 0.3) is 0 Å². The number of nitrogen functional groups attached to an aromatic ring is 1. The Morgan fingerprint density at radius 2 is 1.74 bits per heavy atom. The zero-order valence-electron chi connectivity index (χ0n) is 11.5. The largest absolute Gasteiger partial charge is 0.381 e. The van der Waals surface area contributed by atoms with E-state index in [2.05, 4.69) is 28.7 Å². The highest BCUT2D eigenvalue weighted by Gasteiger charge is 2.07. The molecule has 0 aliphatic rings. The number of hydrogen-bond donors (Lipinski definition) is 1. The molecule has 5 heteroatoms. The van der Waals surface area contributed by atoms with Crippen LogP contribution in [-0.2, 0) is 0 Å². The van der Waals surface area contributed by atoms with Crippen LogP contribution in [0.3, 0.4) is 0 Å². The first-order valence-electron chi connectivity index (χ1n) is 6.62. The molecule has 0 bridgehead atoms. The lowest BCUT2D eigenvalue weighted by atomic mass is 10.3. The Bertz CT molecular complexity index is 540. The number of anilines is 1. The molecule has 0 amide bonds. The predicted octanol–water partition coefficient (Wildman–Crippen LogP) is 2.65. The van der Waals surface area contributed by atoms with Crippen LogP contribution in [0.2, 0.25) is 0 Å². The Morgan fingerprint density at radius 3 is 2.37 bits per heavy atom. The van der Waals surface area contributed by atoms with Gasteiger partial charge in [-0.1, -0.05) is 26.0 Å². The predicted molar refractivity (Wildman–Crippen MR) is 82.5 cm³/mol. The zero-order chi connectivity index (χ0) is 13.7. The molecule has 2 rings (SSSR count). The number of nitrogens with zero attached hydrogens (tertiary/aromatic N) is 3. The maximum Gasteiger partial charge on any atom is 0.156 e. The van der Waals surface area contributed by atoms with Crippen molar-refractivity contribution in [1.29, 1.82) is 0 Å². The van der Waals surface area contributed by atoms with Crippen LogP contribution < -0.4 is 5.73 Å². The summed E-state index contributed by atoms with van der Waals surface area (Å²) < 4.78 is 0. The Hall–Kier alpha value is -1.33. The summed E-state index contributed by atoms with van der Waals surface area (Å²) >= 11 is 1.68. The van der Waals surface area contributed by atoms with Crippen molar-refractivity contribution in [2.75, 3.05) is 31.1 Å². The minimum absolute atomic E-state index is 0.531. The van der Waals surface area contributed by atoms with E-state index in [-0.39, 0.29) is 0 Å². The van der Waals surface area contributed by atoms with Gasteiger partial charge < -0.3 is 10.6 Å². The third-order valence-corrected chi connectivity index (χ3v) is 4.07. The van der Waals surface area contributed by atoms with Gasteiger partial charge in [-0.3, -0.25) is 0 Å². The lowest BCUT2D eigenvalue weighted by molar-refractivity contribution is 0.324. The van der Waals surface area contributed by atoms with Gasteiger partial charge in [0.2, 0.25) is 0 Å². The third-order valence-electron chi connectivity index (χ3n) is 3.10. The van der Waals surface area contributed by atoms with E-state index in [0.717, 1.165) is 41.4 Å². The number of fused-ring (bicyclic) bond motifs is 1. The van der Waals surface area contributed by atoms with E-state index in [1.165, 1.54) is 0 Å². The molecule has 0 atom stereocenters. The second-order valence-corrected chi connectivity index (χ2v) is 5.36. The maximum absolute atomic E-state index is 5.96. The fourth-order valence-corrected chi connectivity index (χ4v) is 2.81. The van der Waals surface area contributed by atoms with Crippen LogP contribution >= 0.6 is 11.8 Å². The van der Waals surface area contributed by atoms with Crippen molar-refractivity contribution in [2.45, 2.75) is 18.9 Å². The molecular weight excluding hydrogens is 256 g/mol. The van der Waals surface area contributed by atoms with Crippen LogP contribution in [-0.4, -0.2) is 40.3 Å². The summed E-state index contributed by atoms with van der Waals surface area (Å²) in [6.45, 7) is 7.56. The standard InChI is InChI=1S/C14H20N4S/c1-3-18(4-2)9-10-19-14-13(15)16-11-7-5-6-8-12(11)17-14/h5-8H,3-4,9-10H2,1-2H3,(H2,15,16). The van der Waals surface area contributed by atoms with E-state index in [1.54, 1.807) is 11.8 Å². The molecule has 2 aromatic rings. The van der Waals surface area contributed by atoms with Crippen molar-refractivity contribution in [3.8, 4) is 0 Å². The van der Waals surface area contributed by atoms with Gasteiger partial charge in [0.05, 0.1) is 11.0 Å². The summed E-state index contributed by atoms with van der Waals surface area (Å²) in [5.41, 5.74) is 7.72. The van der Waals surface area contributed by atoms with Crippen LogP contribution in [0.5, 0.6) is 0 Å². The van der Waals surface area contributed by atoms with Crippen LogP contribution in [0.1, 0.15) is 13.8 Å². The van der Waals surface area contributed by atoms with Gasteiger partial charge in [0.15, 0.2) is 5.82 Å². The molecule has 0 fully saturated rings. The normalized spacial score (nSPS) is 11.3. The third kappa shape index (κ3) is 3.58. The van der Waals surface area contributed by atoms with Crippen molar-refractivity contribution in [2.24, 2.45) is 0 Å². The van der Waals surface area contributed by atoms with Crippen molar-refractivity contribution < 1.29 is 0 Å².